The van der Waals surface area contributed by atoms with Crippen LogP contribution in [0.1, 0.15) is 18.3 Å². The third kappa shape index (κ3) is 2.42. The minimum absolute atomic E-state index is 0.0112. The number of hydrogen-bond acceptors (Lipinski definition) is 4. The molecule has 0 saturated heterocycles. The summed E-state index contributed by atoms with van der Waals surface area (Å²) >= 11 is 0. The van der Waals surface area contributed by atoms with Gasteiger partial charge in [0.15, 0.2) is 0 Å². The van der Waals surface area contributed by atoms with Crippen LogP contribution in [0.15, 0.2) is 30.5 Å². The first-order valence-corrected chi connectivity index (χ1v) is 6.36. The molecule has 1 amide bonds. The SMILES string of the molecule is CC(=O)Cc1nccc(-c2ccc3c(c2)CC(=O)N3)n1. The summed E-state index contributed by atoms with van der Waals surface area (Å²) in [5.41, 5.74) is 3.52. The zero-order valence-corrected chi connectivity index (χ0v) is 11.0. The van der Waals surface area contributed by atoms with Gasteiger partial charge in [0, 0.05) is 17.4 Å². The Morgan fingerprint density at radius 2 is 2.20 bits per heavy atom. The lowest BCUT2D eigenvalue weighted by atomic mass is 10.1. The third-order valence-corrected chi connectivity index (χ3v) is 3.14. The molecule has 5 nitrogen and oxygen atoms in total. The van der Waals surface area contributed by atoms with Crippen molar-refractivity contribution in [2.75, 3.05) is 5.32 Å². The van der Waals surface area contributed by atoms with E-state index >= 15 is 0 Å². The summed E-state index contributed by atoms with van der Waals surface area (Å²) in [6.07, 6.45) is 2.28. The first kappa shape index (κ1) is 12.5. The number of fused-ring (bicyclic) bond motifs is 1. The molecule has 0 fully saturated rings. The van der Waals surface area contributed by atoms with E-state index in [-0.39, 0.29) is 18.1 Å². The van der Waals surface area contributed by atoms with Gasteiger partial charge in [-0.05, 0) is 30.7 Å². The zero-order chi connectivity index (χ0) is 14.1. The molecule has 100 valence electrons. The normalized spacial score (nSPS) is 12.9. The van der Waals surface area contributed by atoms with Crippen LogP contribution in [0, 0.1) is 0 Å². The molecule has 0 radical (unpaired) electrons. The van der Waals surface area contributed by atoms with E-state index in [9.17, 15) is 9.59 Å². The molecule has 0 atom stereocenters. The monoisotopic (exact) mass is 267 g/mol. The van der Waals surface area contributed by atoms with Crippen molar-refractivity contribution in [3.05, 3.63) is 41.9 Å². The fourth-order valence-corrected chi connectivity index (χ4v) is 2.26. The highest BCUT2D eigenvalue weighted by molar-refractivity contribution is 5.99. The molecule has 1 aliphatic rings. The number of nitrogens with zero attached hydrogens (tertiary/aromatic N) is 2. The van der Waals surface area contributed by atoms with E-state index < -0.39 is 0 Å². The van der Waals surface area contributed by atoms with Gasteiger partial charge in [0.05, 0.1) is 18.5 Å². The molecule has 3 rings (SSSR count). The van der Waals surface area contributed by atoms with E-state index in [1.54, 1.807) is 12.3 Å². The predicted molar refractivity (Wildman–Crippen MR) is 74.2 cm³/mol. The number of hydrogen-bond donors (Lipinski definition) is 1. The number of nitrogens with one attached hydrogen (secondary N) is 1. The molecule has 2 heterocycles. The molecular formula is C15H13N3O2. The average Bonchev–Trinajstić information content (AvgIpc) is 2.77. The number of benzene rings is 1. The molecule has 1 N–H and O–H groups in total. The standard InChI is InChI=1S/C15H13N3O2/c1-9(19)6-14-16-5-4-13(17-14)10-2-3-12-11(7-10)8-15(20)18-12/h2-5,7H,6,8H2,1H3,(H,18,20). The van der Waals surface area contributed by atoms with E-state index in [0.29, 0.717) is 12.2 Å². The minimum Gasteiger partial charge on any atom is -0.326 e. The Kier molecular flexibility index (Phi) is 3.02. The molecule has 0 saturated carbocycles. The third-order valence-electron chi connectivity index (χ3n) is 3.14. The predicted octanol–water partition coefficient (Wildman–Crippen LogP) is 1.77. The van der Waals surface area contributed by atoms with Crippen molar-refractivity contribution in [2.45, 2.75) is 19.8 Å². The Bertz CT molecular complexity index is 710. The van der Waals surface area contributed by atoms with E-state index in [2.05, 4.69) is 15.3 Å². The molecule has 20 heavy (non-hydrogen) atoms. The largest absolute Gasteiger partial charge is 0.326 e. The summed E-state index contributed by atoms with van der Waals surface area (Å²) in [5, 5.41) is 2.80. The molecule has 5 heteroatoms. The van der Waals surface area contributed by atoms with E-state index in [1.807, 2.05) is 18.2 Å². The average molecular weight is 267 g/mol. The lowest BCUT2D eigenvalue weighted by molar-refractivity contribution is -0.116. The van der Waals surface area contributed by atoms with Gasteiger partial charge in [0.25, 0.3) is 0 Å². The highest BCUT2D eigenvalue weighted by atomic mass is 16.1. The van der Waals surface area contributed by atoms with Crippen LogP contribution in [0.3, 0.4) is 0 Å². The summed E-state index contributed by atoms with van der Waals surface area (Å²) in [5.74, 6) is 0.563. The van der Waals surface area contributed by atoms with Gasteiger partial charge < -0.3 is 5.32 Å². The summed E-state index contributed by atoms with van der Waals surface area (Å²) in [6, 6.07) is 7.54. The van der Waals surface area contributed by atoms with Crippen LogP contribution in [0.2, 0.25) is 0 Å². The number of rotatable bonds is 3. The minimum atomic E-state index is 0.0112. The number of aromatic nitrogens is 2. The second-order valence-electron chi connectivity index (χ2n) is 4.83. The Balaban J connectivity index is 1.95. The highest BCUT2D eigenvalue weighted by Gasteiger charge is 2.18. The fraction of sp³-hybridized carbons (Fsp3) is 0.200. The Labute approximate surface area is 116 Å². The maximum atomic E-state index is 11.3. The highest BCUT2D eigenvalue weighted by Crippen LogP contribution is 2.28. The van der Waals surface area contributed by atoms with Crippen LogP contribution in [0.4, 0.5) is 5.69 Å². The summed E-state index contributed by atoms with van der Waals surface area (Å²) in [6.45, 7) is 1.52. The van der Waals surface area contributed by atoms with Crippen LogP contribution in [-0.4, -0.2) is 21.7 Å². The van der Waals surface area contributed by atoms with Gasteiger partial charge in [0.1, 0.15) is 11.6 Å². The van der Waals surface area contributed by atoms with Crippen LogP contribution >= 0.6 is 0 Å². The molecule has 0 aliphatic carbocycles. The lowest BCUT2D eigenvalue weighted by Crippen LogP contribution is -2.03. The Hall–Kier alpha value is -2.56. The lowest BCUT2D eigenvalue weighted by Gasteiger charge is -2.05. The van der Waals surface area contributed by atoms with E-state index in [0.717, 1.165) is 22.5 Å². The number of amides is 1. The second-order valence-corrected chi connectivity index (χ2v) is 4.83. The van der Waals surface area contributed by atoms with Gasteiger partial charge >= 0.3 is 0 Å². The molecule has 0 spiro atoms. The van der Waals surface area contributed by atoms with Crippen molar-refractivity contribution >= 4 is 17.4 Å². The molecule has 2 aromatic rings. The summed E-state index contributed by atoms with van der Waals surface area (Å²) in [4.78, 5) is 31.0. The molecule has 0 unspecified atom stereocenters. The van der Waals surface area contributed by atoms with Crippen molar-refractivity contribution < 1.29 is 9.59 Å². The van der Waals surface area contributed by atoms with E-state index in [4.69, 9.17) is 0 Å². The number of Topliss-reactive ketones (excluding diaryl/α,β-unsaturated/α-hetero) is 1. The molecular weight excluding hydrogens is 254 g/mol. The van der Waals surface area contributed by atoms with Crippen molar-refractivity contribution in [3.63, 3.8) is 0 Å². The van der Waals surface area contributed by atoms with Gasteiger partial charge in [-0.3, -0.25) is 9.59 Å². The first-order chi connectivity index (χ1) is 9.61. The van der Waals surface area contributed by atoms with Crippen LogP contribution in [0.25, 0.3) is 11.3 Å². The second kappa shape index (κ2) is 4.85. The molecule has 1 aromatic heterocycles. The smallest absolute Gasteiger partial charge is 0.228 e. The molecule has 1 aliphatic heterocycles. The first-order valence-electron chi connectivity index (χ1n) is 6.36. The molecule has 1 aromatic carbocycles. The topological polar surface area (TPSA) is 72.0 Å². The van der Waals surface area contributed by atoms with Crippen molar-refractivity contribution in [3.8, 4) is 11.3 Å². The van der Waals surface area contributed by atoms with Crippen molar-refractivity contribution in [1.82, 2.24) is 9.97 Å². The van der Waals surface area contributed by atoms with Crippen LogP contribution < -0.4 is 5.32 Å². The van der Waals surface area contributed by atoms with Crippen molar-refractivity contribution in [1.29, 1.82) is 0 Å². The summed E-state index contributed by atoms with van der Waals surface area (Å²) < 4.78 is 0. The van der Waals surface area contributed by atoms with Gasteiger partial charge in [-0.25, -0.2) is 9.97 Å². The van der Waals surface area contributed by atoms with Gasteiger partial charge in [-0.2, -0.15) is 0 Å². The van der Waals surface area contributed by atoms with E-state index in [1.165, 1.54) is 6.92 Å². The summed E-state index contributed by atoms with van der Waals surface area (Å²) in [7, 11) is 0. The number of carbonyl (C=O) groups excluding carboxylic acids is 2. The van der Waals surface area contributed by atoms with Gasteiger partial charge in [-0.1, -0.05) is 6.07 Å². The quantitative estimate of drug-likeness (QED) is 0.920. The Morgan fingerprint density at radius 3 is 3.00 bits per heavy atom. The number of anilines is 1. The van der Waals surface area contributed by atoms with Gasteiger partial charge in [0.2, 0.25) is 5.91 Å². The molecule has 0 bridgehead atoms. The van der Waals surface area contributed by atoms with Crippen molar-refractivity contribution in [2.24, 2.45) is 0 Å². The Morgan fingerprint density at radius 1 is 1.35 bits per heavy atom. The van der Waals surface area contributed by atoms with Crippen LogP contribution in [0.5, 0.6) is 0 Å². The number of carbonyl (C=O) groups is 2. The zero-order valence-electron chi connectivity index (χ0n) is 11.0. The maximum absolute atomic E-state index is 11.3. The van der Waals surface area contributed by atoms with Crippen LogP contribution in [-0.2, 0) is 22.4 Å². The number of ketones is 1. The maximum Gasteiger partial charge on any atom is 0.228 e. The van der Waals surface area contributed by atoms with Gasteiger partial charge in [-0.15, -0.1) is 0 Å². The fourth-order valence-electron chi connectivity index (χ4n) is 2.26.